The van der Waals surface area contributed by atoms with Crippen LogP contribution in [0.3, 0.4) is 0 Å². The van der Waals surface area contributed by atoms with Gasteiger partial charge in [-0.2, -0.15) is 0 Å². The highest BCUT2D eigenvalue weighted by molar-refractivity contribution is 5.91. The van der Waals surface area contributed by atoms with E-state index in [1.54, 1.807) is 0 Å². The molecule has 1 aromatic rings. The van der Waals surface area contributed by atoms with E-state index in [9.17, 15) is 4.79 Å². The highest BCUT2D eigenvalue weighted by atomic mass is 16.1. The number of anilines is 1. The predicted molar refractivity (Wildman–Crippen MR) is 59.3 cm³/mol. The third-order valence-corrected chi connectivity index (χ3v) is 2.18. The Labute approximate surface area is 85.3 Å². The quantitative estimate of drug-likeness (QED) is 0.778. The summed E-state index contributed by atoms with van der Waals surface area (Å²) in [6.07, 6.45) is 2.63. The fourth-order valence-corrected chi connectivity index (χ4v) is 1.26. The first kappa shape index (κ1) is 10.8. The predicted octanol–water partition coefficient (Wildman–Crippen LogP) is 3.12. The molecule has 0 saturated heterocycles. The lowest BCUT2D eigenvalue weighted by Gasteiger charge is -2.07. The summed E-state index contributed by atoms with van der Waals surface area (Å²) in [6, 6.07) is 7.83. The molecular formula is C12H17NO. The molecule has 0 spiro atoms. The molecule has 1 rings (SSSR count). The van der Waals surface area contributed by atoms with E-state index in [-0.39, 0.29) is 5.91 Å². The van der Waals surface area contributed by atoms with Crippen molar-refractivity contribution in [2.24, 2.45) is 0 Å². The summed E-state index contributed by atoms with van der Waals surface area (Å²) in [5, 5.41) is 2.91. The van der Waals surface area contributed by atoms with Gasteiger partial charge >= 0.3 is 0 Å². The molecule has 2 nitrogen and oxygen atoms in total. The Hall–Kier alpha value is -1.31. The van der Waals surface area contributed by atoms with Gasteiger partial charge in [-0.25, -0.2) is 0 Å². The van der Waals surface area contributed by atoms with Crippen LogP contribution in [0.15, 0.2) is 24.3 Å². The zero-order valence-corrected chi connectivity index (χ0v) is 8.84. The van der Waals surface area contributed by atoms with Crippen molar-refractivity contribution in [3.8, 4) is 0 Å². The molecule has 0 aliphatic carbocycles. The van der Waals surface area contributed by atoms with Crippen LogP contribution in [-0.2, 0) is 4.79 Å². The van der Waals surface area contributed by atoms with Crippen LogP contribution in [0.5, 0.6) is 0 Å². The summed E-state index contributed by atoms with van der Waals surface area (Å²) >= 11 is 0. The Morgan fingerprint density at radius 3 is 2.71 bits per heavy atom. The number of nitrogens with one attached hydrogen (secondary N) is 1. The lowest BCUT2D eigenvalue weighted by Crippen LogP contribution is -2.11. The van der Waals surface area contributed by atoms with Crippen LogP contribution in [0.25, 0.3) is 0 Å². The maximum absolute atomic E-state index is 11.4. The molecule has 76 valence electrons. The zero-order chi connectivity index (χ0) is 10.4. The third kappa shape index (κ3) is 3.21. The first-order chi connectivity index (χ1) is 6.74. The number of amides is 1. The smallest absolute Gasteiger partial charge is 0.224 e. The van der Waals surface area contributed by atoms with Gasteiger partial charge in [0.1, 0.15) is 0 Å². The van der Waals surface area contributed by atoms with Crippen LogP contribution >= 0.6 is 0 Å². The van der Waals surface area contributed by atoms with Gasteiger partial charge in [0.25, 0.3) is 0 Å². The zero-order valence-electron chi connectivity index (χ0n) is 8.84. The highest BCUT2D eigenvalue weighted by Gasteiger charge is 2.02. The standard InChI is InChI=1S/C12H17NO/c1-3-4-9-12(14)13-11-8-6-5-7-10(11)2/h5-8H,3-4,9H2,1-2H3,(H,13,14). The van der Waals surface area contributed by atoms with Crippen molar-refractivity contribution in [2.75, 3.05) is 5.32 Å². The van der Waals surface area contributed by atoms with E-state index in [4.69, 9.17) is 0 Å². The molecule has 1 aromatic carbocycles. The Bertz CT molecular complexity index is 307. The van der Waals surface area contributed by atoms with Crippen LogP contribution in [0.1, 0.15) is 31.7 Å². The molecule has 0 aliphatic rings. The Kier molecular flexibility index (Phi) is 4.17. The van der Waals surface area contributed by atoms with E-state index in [1.807, 2.05) is 31.2 Å². The normalized spacial score (nSPS) is 9.86. The molecule has 0 bridgehead atoms. The van der Waals surface area contributed by atoms with Crippen LogP contribution in [0.2, 0.25) is 0 Å². The summed E-state index contributed by atoms with van der Waals surface area (Å²) in [6.45, 7) is 4.08. The lowest BCUT2D eigenvalue weighted by atomic mass is 10.2. The van der Waals surface area contributed by atoms with E-state index < -0.39 is 0 Å². The Balaban J connectivity index is 2.52. The fourth-order valence-electron chi connectivity index (χ4n) is 1.26. The highest BCUT2D eigenvalue weighted by Crippen LogP contribution is 2.13. The van der Waals surface area contributed by atoms with E-state index in [2.05, 4.69) is 12.2 Å². The van der Waals surface area contributed by atoms with Crippen LogP contribution in [-0.4, -0.2) is 5.91 Å². The summed E-state index contributed by atoms with van der Waals surface area (Å²) in [7, 11) is 0. The van der Waals surface area contributed by atoms with Gasteiger partial charge in [-0.3, -0.25) is 4.79 Å². The molecule has 0 atom stereocenters. The van der Waals surface area contributed by atoms with E-state index >= 15 is 0 Å². The minimum absolute atomic E-state index is 0.112. The minimum Gasteiger partial charge on any atom is -0.326 e. The molecule has 14 heavy (non-hydrogen) atoms. The van der Waals surface area contributed by atoms with Gasteiger partial charge in [0.15, 0.2) is 0 Å². The van der Waals surface area contributed by atoms with Gasteiger partial charge in [-0.1, -0.05) is 31.5 Å². The Morgan fingerprint density at radius 2 is 2.07 bits per heavy atom. The number of hydrogen-bond donors (Lipinski definition) is 1. The van der Waals surface area contributed by atoms with Gasteiger partial charge in [-0.15, -0.1) is 0 Å². The van der Waals surface area contributed by atoms with Gasteiger partial charge < -0.3 is 5.32 Å². The Morgan fingerprint density at radius 1 is 1.36 bits per heavy atom. The van der Waals surface area contributed by atoms with Crippen molar-refractivity contribution in [1.82, 2.24) is 0 Å². The second-order valence-corrected chi connectivity index (χ2v) is 3.47. The van der Waals surface area contributed by atoms with E-state index in [0.29, 0.717) is 6.42 Å². The van der Waals surface area contributed by atoms with Gasteiger partial charge in [0.2, 0.25) is 5.91 Å². The molecule has 1 amide bonds. The second kappa shape index (κ2) is 5.43. The van der Waals surface area contributed by atoms with Crippen molar-refractivity contribution >= 4 is 11.6 Å². The third-order valence-electron chi connectivity index (χ3n) is 2.18. The first-order valence-electron chi connectivity index (χ1n) is 5.09. The largest absolute Gasteiger partial charge is 0.326 e. The van der Waals surface area contributed by atoms with Crippen molar-refractivity contribution < 1.29 is 4.79 Å². The van der Waals surface area contributed by atoms with E-state index in [0.717, 1.165) is 24.1 Å². The molecule has 2 heteroatoms. The molecule has 0 aromatic heterocycles. The maximum atomic E-state index is 11.4. The van der Waals surface area contributed by atoms with Crippen molar-refractivity contribution in [1.29, 1.82) is 0 Å². The summed E-state index contributed by atoms with van der Waals surface area (Å²) in [4.78, 5) is 11.4. The van der Waals surface area contributed by atoms with Crippen molar-refractivity contribution in [2.45, 2.75) is 33.1 Å². The van der Waals surface area contributed by atoms with E-state index in [1.165, 1.54) is 0 Å². The van der Waals surface area contributed by atoms with Gasteiger partial charge in [0, 0.05) is 12.1 Å². The second-order valence-electron chi connectivity index (χ2n) is 3.47. The molecular weight excluding hydrogens is 174 g/mol. The molecule has 0 fully saturated rings. The van der Waals surface area contributed by atoms with Crippen LogP contribution in [0, 0.1) is 6.92 Å². The summed E-state index contributed by atoms with van der Waals surface area (Å²) in [5.74, 6) is 0.112. The minimum atomic E-state index is 0.112. The molecule has 0 unspecified atom stereocenters. The number of para-hydroxylation sites is 1. The number of rotatable bonds is 4. The van der Waals surface area contributed by atoms with Crippen LogP contribution < -0.4 is 5.32 Å². The lowest BCUT2D eigenvalue weighted by molar-refractivity contribution is -0.116. The fraction of sp³-hybridized carbons (Fsp3) is 0.417. The molecule has 0 heterocycles. The van der Waals surface area contributed by atoms with Gasteiger partial charge in [0.05, 0.1) is 0 Å². The number of hydrogen-bond acceptors (Lipinski definition) is 1. The van der Waals surface area contributed by atoms with Crippen molar-refractivity contribution in [3.63, 3.8) is 0 Å². The average Bonchev–Trinajstić information content (AvgIpc) is 2.18. The van der Waals surface area contributed by atoms with Crippen LogP contribution in [0.4, 0.5) is 5.69 Å². The number of unbranched alkanes of at least 4 members (excludes halogenated alkanes) is 1. The maximum Gasteiger partial charge on any atom is 0.224 e. The molecule has 0 aliphatic heterocycles. The monoisotopic (exact) mass is 191 g/mol. The first-order valence-corrected chi connectivity index (χ1v) is 5.09. The SMILES string of the molecule is CCCCC(=O)Nc1ccccc1C. The number of carbonyl (C=O) groups excluding carboxylic acids is 1. The van der Waals surface area contributed by atoms with Crippen molar-refractivity contribution in [3.05, 3.63) is 29.8 Å². The molecule has 0 saturated carbocycles. The van der Waals surface area contributed by atoms with Gasteiger partial charge in [-0.05, 0) is 25.0 Å². The number of benzene rings is 1. The molecule has 1 N–H and O–H groups in total. The summed E-state index contributed by atoms with van der Waals surface area (Å²) in [5.41, 5.74) is 2.03. The molecule has 0 radical (unpaired) electrons. The topological polar surface area (TPSA) is 29.1 Å². The summed E-state index contributed by atoms with van der Waals surface area (Å²) < 4.78 is 0. The number of carbonyl (C=O) groups is 1. The average molecular weight is 191 g/mol. The number of aryl methyl sites for hydroxylation is 1.